The number of benzene rings is 1. The number of hydrogen-bond acceptors (Lipinski definition) is 4. The fourth-order valence-electron chi connectivity index (χ4n) is 3.38. The van der Waals surface area contributed by atoms with Crippen LogP contribution in [0.25, 0.3) is 5.69 Å². The Kier molecular flexibility index (Phi) is 3.75. The first kappa shape index (κ1) is 14.3. The summed E-state index contributed by atoms with van der Waals surface area (Å²) in [5.74, 6) is 0.581. The number of hydrogen-bond donors (Lipinski definition) is 0. The van der Waals surface area contributed by atoms with Gasteiger partial charge in [0.05, 0.1) is 6.33 Å². The smallest absolute Gasteiger partial charge is 0.410 e. The molecule has 0 saturated carbocycles. The molecule has 2 bridgehead atoms. The van der Waals surface area contributed by atoms with Crippen LogP contribution in [0.2, 0.25) is 0 Å². The molecule has 0 atom stereocenters. The van der Waals surface area contributed by atoms with Crippen LogP contribution in [-0.4, -0.2) is 57.7 Å². The zero-order chi connectivity index (χ0) is 15.6. The van der Waals surface area contributed by atoms with E-state index in [4.69, 9.17) is 4.74 Å². The zero-order valence-electron chi connectivity index (χ0n) is 13.0. The quantitative estimate of drug-likeness (QED) is 0.852. The first-order valence-electron chi connectivity index (χ1n) is 8.09. The lowest BCUT2D eigenvalue weighted by Gasteiger charge is -2.30. The molecule has 6 nitrogen and oxygen atoms in total. The maximum Gasteiger partial charge on any atom is 0.415 e. The highest BCUT2D eigenvalue weighted by molar-refractivity contribution is 5.71. The number of ether oxygens (including phenoxy) is 1. The van der Waals surface area contributed by atoms with Crippen LogP contribution in [-0.2, 0) is 0 Å². The van der Waals surface area contributed by atoms with Crippen LogP contribution in [0.15, 0.2) is 43.0 Å². The number of imidazole rings is 1. The van der Waals surface area contributed by atoms with Crippen LogP contribution < -0.4 is 4.74 Å². The van der Waals surface area contributed by atoms with Crippen molar-refractivity contribution in [3.63, 3.8) is 0 Å². The fourth-order valence-corrected chi connectivity index (χ4v) is 3.38. The van der Waals surface area contributed by atoms with Gasteiger partial charge in [-0.1, -0.05) is 0 Å². The average molecular weight is 312 g/mol. The van der Waals surface area contributed by atoms with Crippen LogP contribution in [0.1, 0.15) is 12.8 Å². The minimum Gasteiger partial charge on any atom is -0.410 e. The molecule has 0 aliphatic carbocycles. The standard InChI is InChI=1S/C17H20N4O2/c22-17(21-12-11-19-8-5-15(21)6-9-19)23-16-3-1-14(2-4-16)20-10-7-18-13-20/h1-4,7,10,13,15H,5-6,8-9,11-12H2. The van der Waals surface area contributed by atoms with Crippen LogP contribution >= 0.6 is 0 Å². The molecule has 0 radical (unpaired) electrons. The lowest BCUT2D eigenvalue weighted by Crippen LogP contribution is -2.43. The second-order valence-corrected chi connectivity index (χ2v) is 6.10. The van der Waals surface area contributed by atoms with Crippen molar-refractivity contribution in [1.29, 1.82) is 0 Å². The van der Waals surface area contributed by atoms with Crippen LogP contribution in [0.3, 0.4) is 0 Å². The van der Waals surface area contributed by atoms with Crippen molar-refractivity contribution < 1.29 is 9.53 Å². The Labute approximate surface area is 135 Å². The molecular weight excluding hydrogens is 292 g/mol. The van der Waals surface area contributed by atoms with Crippen molar-refractivity contribution in [2.24, 2.45) is 0 Å². The maximum absolute atomic E-state index is 12.5. The van der Waals surface area contributed by atoms with Gasteiger partial charge in [-0.25, -0.2) is 9.78 Å². The molecule has 23 heavy (non-hydrogen) atoms. The van der Waals surface area contributed by atoms with Gasteiger partial charge in [0.2, 0.25) is 0 Å². The average Bonchev–Trinajstić information content (AvgIpc) is 2.95. The molecule has 1 aromatic carbocycles. The molecule has 6 heteroatoms. The van der Waals surface area contributed by atoms with Crippen LogP contribution in [0.4, 0.5) is 4.79 Å². The van der Waals surface area contributed by atoms with E-state index in [9.17, 15) is 4.79 Å². The summed E-state index contributed by atoms with van der Waals surface area (Å²) in [4.78, 5) is 20.8. The third kappa shape index (κ3) is 2.94. The second kappa shape index (κ2) is 6.04. The van der Waals surface area contributed by atoms with Gasteiger partial charge < -0.3 is 19.1 Å². The first-order chi connectivity index (χ1) is 11.3. The number of piperidine rings is 1. The van der Waals surface area contributed by atoms with Gasteiger partial charge in [-0.15, -0.1) is 0 Å². The molecule has 5 rings (SSSR count). The van der Waals surface area contributed by atoms with E-state index in [2.05, 4.69) is 9.88 Å². The van der Waals surface area contributed by atoms with Gasteiger partial charge in [0.1, 0.15) is 5.75 Å². The minimum absolute atomic E-state index is 0.228. The van der Waals surface area contributed by atoms with Crippen molar-refractivity contribution in [3.05, 3.63) is 43.0 Å². The Balaban J connectivity index is 1.44. The van der Waals surface area contributed by atoms with E-state index in [-0.39, 0.29) is 6.09 Å². The molecule has 120 valence electrons. The maximum atomic E-state index is 12.5. The Morgan fingerprint density at radius 2 is 1.87 bits per heavy atom. The number of aromatic nitrogens is 2. The van der Waals surface area contributed by atoms with Gasteiger partial charge in [0, 0.05) is 50.3 Å². The monoisotopic (exact) mass is 312 g/mol. The summed E-state index contributed by atoms with van der Waals surface area (Å²) in [6.07, 6.45) is 7.23. The van der Waals surface area contributed by atoms with Crippen LogP contribution in [0, 0.1) is 0 Å². The number of amides is 1. The minimum atomic E-state index is -0.228. The van der Waals surface area contributed by atoms with Crippen molar-refractivity contribution in [3.8, 4) is 11.4 Å². The van der Waals surface area contributed by atoms with Crippen LogP contribution in [0.5, 0.6) is 5.75 Å². The van der Waals surface area contributed by atoms with E-state index < -0.39 is 0 Å². The molecule has 0 N–H and O–H groups in total. The number of carbonyl (C=O) groups is 1. The molecule has 3 saturated heterocycles. The summed E-state index contributed by atoms with van der Waals surface area (Å²) in [5, 5.41) is 0. The van der Waals surface area contributed by atoms with Crippen molar-refractivity contribution in [1.82, 2.24) is 19.4 Å². The van der Waals surface area contributed by atoms with E-state index >= 15 is 0 Å². The molecule has 0 spiro atoms. The van der Waals surface area contributed by atoms with Gasteiger partial charge in [-0.05, 0) is 37.1 Å². The summed E-state index contributed by atoms with van der Waals surface area (Å²) >= 11 is 0. The lowest BCUT2D eigenvalue weighted by atomic mass is 10.1. The summed E-state index contributed by atoms with van der Waals surface area (Å²) in [5.41, 5.74) is 0.989. The summed E-state index contributed by atoms with van der Waals surface area (Å²) in [7, 11) is 0. The lowest BCUT2D eigenvalue weighted by molar-refractivity contribution is 0.131. The highest BCUT2D eigenvalue weighted by Gasteiger charge is 2.32. The second-order valence-electron chi connectivity index (χ2n) is 6.10. The fraction of sp³-hybridized carbons (Fsp3) is 0.412. The predicted octanol–water partition coefficient (Wildman–Crippen LogP) is 2.15. The Bertz CT molecular complexity index is 660. The Morgan fingerprint density at radius 3 is 2.57 bits per heavy atom. The highest BCUT2D eigenvalue weighted by atomic mass is 16.6. The summed E-state index contributed by atoms with van der Waals surface area (Å²) in [6, 6.07) is 7.82. The van der Waals surface area contributed by atoms with E-state index in [1.54, 1.807) is 12.5 Å². The van der Waals surface area contributed by atoms with Gasteiger partial charge >= 0.3 is 6.09 Å². The van der Waals surface area contributed by atoms with Gasteiger partial charge in [-0.2, -0.15) is 0 Å². The van der Waals surface area contributed by atoms with Crippen molar-refractivity contribution in [2.75, 3.05) is 26.2 Å². The van der Waals surface area contributed by atoms with E-state index in [1.165, 1.54) is 0 Å². The van der Waals surface area contributed by atoms with E-state index in [1.807, 2.05) is 39.9 Å². The van der Waals surface area contributed by atoms with E-state index in [0.29, 0.717) is 11.8 Å². The van der Waals surface area contributed by atoms with Crippen molar-refractivity contribution in [2.45, 2.75) is 18.9 Å². The molecular formula is C17H20N4O2. The highest BCUT2D eigenvalue weighted by Crippen LogP contribution is 2.23. The Morgan fingerprint density at radius 1 is 1.09 bits per heavy atom. The largest absolute Gasteiger partial charge is 0.415 e. The molecule has 3 fully saturated rings. The molecule has 4 heterocycles. The first-order valence-corrected chi connectivity index (χ1v) is 8.09. The molecule has 3 aliphatic rings. The number of carbonyl (C=O) groups excluding carboxylic acids is 1. The van der Waals surface area contributed by atoms with Crippen molar-refractivity contribution >= 4 is 6.09 Å². The topological polar surface area (TPSA) is 50.6 Å². The third-order valence-electron chi connectivity index (χ3n) is 4.73. The van der Waals surface area contributed by atoms with Gasteiger partial charge in [0.25, 0.3) is 0 Å². The number of rotatable bonds is 2. The molecule has 0 unspecified atom stereocenters. The molecule has 1 amide bonds. The molecule has 1 aromatic heterocycles. The normalized spacial score (nSPS) is 23.6. The van der Waals surface area contributed by atoms with E-state index in [0.717, 1.165) is 44.7 Å². The molecule has 2 aromatic rings. The van der Waals surface area contributed by atoms with Gasteiger partial charge in [0.15, 0.2) is 0 Å². The van der Waals surface area contributed by atoms with Gasteiger partial charge in [-0.3, -0.25) is 0 Å². The SMILES string of the molecule is O=C(Oc1ccc(-n2ccnc2)cc1)N1CCN2CCC1CC2. The Hall–Kier alpha value is -2.34. The summed E-state index contributed by atoms with van der Waals surface area (Å²) < 4.78 is 7.49. The summed E-state index contributed by atoms with van der Waals surface area (Å²) in [6.45, 7) is 3.89. The number of fused-ring (bicyclic) bond motifs is 4. The predicted molar refractivity (Wildman–Crippen MR) is 85.8 cm³/mol. The third-order valence-corrected chi connectivity index (χ3v) is 4.73. The zero-order valence-corrected chi connectivity index (χ0v) is 13.0. The molecule has 3 aliphatic heterocycles. The number of nitrogens with zero attached hydrogens (tertiary/aromatic N) is 4.